The van der Waals surface area contributed by atoms with Crippen molar-refractivity contribution in [1.82, 2.24) is 9.97 Å². The van der Waals surface area contributed by atoms with Gasteiger partial charge in [0.25, 0.3) is 0 Å². The fourth-order valence-corrected chi connectivity index (χ4v) is 2.17. The second kappa shape index (κ2) is 7.77. The van der Waals surface area contributed by atoms with E-state index in [9.17, 15) is 0 Å². The summed E-state index contributed by atoms with van der Waals surface area (Å²) in [5.41, 5.74) is 3.47. The van der Waals surface area contributed by atoms with Gasteiger partial charge in [0, 0.05) is 18.7 Å². The van der Waals surface area contributed by atoms with Crippen molar-refractivity contribution in [3.05, 3.63) is 53.3 Å². The smallest absolute Gasteiger partial charge is 0.223 e. The summed E-state index contributed by atoms with van der Waals surface area (Å²) in [4.78, 5) is 9.28. The van der Waals surface area contributed by atoms with E-state index in [1.54, 1.807) is 0 Å². The molecule has 3 heteroatoms. The van der Waals surface area contributed by atoms with E-state index < -0.39 is 0 Å². The van der Waals surface area contributed by atoms with Gasteiger partial charge >= 0.3 is 0 Å². The highest BCUT2D eigenvalue weighted by Crippen LogP contribution is 2.17. The van der Waals surface area contributed by atoms with Crippen LogP contribution in [0.3, 0.4) is 0 Å². The number of nitrogens with one attached hydrogen (secondary N) is 1. The van der Waals surface area contributed by atoms with Crippen molar-refractivity contribution in [2.45, 2.75) is 46.0 Å². The van der Waals surface area contributed by atoms with Crippen LogP contribution in [0.1, 0.15) is 56.5 Å². The van der Waals surface area contributed by atoms with E-state index >= 15 is 0 Å². The van der Waals surface area contributed by atoms with Crippen LogP contribution in [0.2, 0.25) is 0 Å². The average molecular weight is 283 g/mol. The summed E-state index contributed by atoms with van der Waals surface area (Å²) < 4.78 is 0. The summed E-state index contributed by atoms with van der Waals surface area (Å²) in [5, 5.41) is 3.34. The first kappa shape index (κ1) is 15.5. The highest BCUT2D eigenvalue weighted by Gasteiger charge is 2.08. The number of rotatable bonds is 7. The lowest BCUT2D eigenvalue weighted by Gasteiger charge is -2.11. The fraction of sp³-hybridized carbons (Fsp3) is 0.444. The van der Waals surface area contributed by atoms with Gasteiger partial charge in [-0.05, 0) is 24.0 Å². The molecule has 0 atom stereocenters. The van der Waals surface area contributed by atoms with Gasteiger partial charge in [-0.15, -0.1) is 0 Å². The Labute approximate surface area is 127 Å². The SMILES string of the molecule is CCCCNc1nc(Cc2ccccc2)cc(C(C)C)n1. The first-order valence-electron chi connectivity index (χ1n) is 7.84. The van der Waals surface area contributed by atoms with Crippen LogP contribution in [0, 0.1) is 0 Å². The molecule has 0 aliphatic heterocycles. The Bertz CT molecular complexity index is 550. The third kappa shape index (κ3) is 4.85. The average Bonchev–Trinajstić information content (AvgIpc) is 2.48. The van der Waals surface area contributed by atoms with Crippen LogP contribution in [-0.2, 0) is 6.42 Å². The van der Waals surface area contributed by atoms with Crippen molar-refractivity contribution >= 4 is 5.95 Å². The molecule has 1 aromatic heterocycles. The van der Waals surface area contributed by atoms with Crippen LogP contribution < -0.4 is 5.32 Å². The molecule has 21 heavy (non-hydrogen) atoms. The number of unbranched alkanes of at least 4 members (excludes halogenated alkanes) is 1. The molecule has 1 N–H and O–H groups in total. The number of aromatic nitrogens is 2. The van der Waals surface area contributed by atoms with Crippen LogP contribution in [-0.4, -0.2) is 16.5 Å². The van der Waals surface area contributed by atoms with E-state index in [0.717, 1.165) is 36.7 Å². The molecular formula is C18H25N3. The number of hydrogen-bond donors (Lipinski definition) is 1. The van der Waals surface area contributed by atoms with Crippen LogP contribution in [0.25, 0.3) is 0 Å². The molecule has 0 unspecified atom stereocenters. The Kier molecular flexibility index (Phi) is 5.73. The largest absolute Gasteiger partial charge is 0.354 e. The molecule has 0 aliphatic rings. The molecule has 0 bridgehead atoms. The van der Waals surface area contributed by atoms with Gasteiger partial charge in [-0.2, -0.15) is 0 Å². The molecule has 0 saturated heterocycles. The minimum atomic E-state index is 0.411. The molecule has 0 fully saturated rings. The first-order valence-corrected chi connectivity index (χ1v) is 7.84. The predicted molar refractivity (Wildman–Crippen MR) is 88.8 cm³/mol. The monoisotopic (exact) mass is 283 g/mol. The van der Waals surface area contributed by atoms with Gasteiger partial charge in [0.05, 0.1) is 5.69 Å². The van der Waals surface area contributed by atoms with Crippen molar-refractivity contribution in [2.24, 2.45) is 0 Å². The highest BCUT2D eigenvalue weighted by atomic mass is 15.1. The zero-order valence-corrected chi connectivity index (χ0v) is 13.3. The maximum atomic E-state index is 4.66. The molecule has 112 valence electrons. The van der Waals surface area contributed by atoms with Crippen LogP contribution >= 0.6 is 0 Å². The molecule has 1 aromatic carbocycles. The topological polar surface area (TPSA) is 37.8 Å². The van der Waals surface area contributed by atoms with E-state index in [0.29, 0.717) is 5.92 Å². The Hall–Kier alpha value is -1.90. The summed E-state index contributed by atoms with van der Waals surface area (Å²) in [5.74, 6) is 1.18. The number of nitrogens with zero attached hydrogens (tertiary/aromatic N) is 2. The molecule has 1 heterocycles. The van der Waals surface area contributed by atoms with E-state index in [-0.39, 0.29) is 0 Å². The predicted octanol–water partition coefficient (Wildman–Crippen LogP) is 4.40. The maximum Gasteiger partial charge on any atom is 0.223 e. The van der Waals surface area contributed by atoms with Gasteiger partial charge in [0.1, 0.15) is 0 Å². The van der Waals surface area contributed by atoms with Gasteiger partial charge in [-0.25, -0.2) is 9.97 Å². The molecule has 3 nitrogen and oxygen atoms in total. The zero-order chi connectivity index (χ0) is 15.1. The zero-order valence-electron chi connectivity index (χ0n) is 13.3. The summed E-state index contributed by atoms with van der Waals surface area (Å²) in [6.07, 6.45) is 3.17. The van der Waals surface area contributed by atoms with E-state index in [1.807, 2.05) is 6.07 Å². The van der Waals surface area contributed by atoms with Crippen molar-refractivity contribution in [3.63, 3.8) is 0 Å². The second-order valence-electron chi connectivity index (χ2n) is 5.71. The third-order valence-electron chi connectivity index (χ3n) is 3.43. The van der Waals surface area contributed by atoms with Crippen LogP contribution in [0.5, 0.6) is 0 Å². The van der Waals surface area contributed by atoms with Gasteiger partial charge in [-0.3, -0.25) is 0 Å². The molecule has 0 amide bonds. The Morgan fingerprint density at radius 3 is 2.52 bits per heavy atom. The van der Waals surface area contributed by atoms with Crippen LogP contribution in [0.15, 0.2) is 36.4 Å². The second-order valence-corrected chi connectivity index (χ2v) is 5.71. The van der Waals surface area contributed by atoms with Crippen molar-refractivity contribution < 1.29 is 0 Å². The Morgan fingerprint density at radius 1 is 1.10 bits per heavy atom. The Balaban J connectivity index is 2.18. The fourth-order valence-electron chi connectivity index (χ4n) is 2.17. The molecule has 2 rings (SSSR count). The van der Waals surface area contributed by atoms with Crippen molar-refractivity contribution in [1.29, 1.82) is 0 Å². The standard InChI is InChI=1S/C18H25N3/c1-4-5-11-19-18-20-16(13-17(21-18)14(2)3)12-15-9-7-6-8-10-15/h6-10,13-14H,4-5,11-12H2,1-3H3,(H,19,20,21). The lowest BCUT2D eigenvalue weighted by Crippen LogP contribution is -2.09. The molecule has 2 aromatic rings. The molecular weight excluding hydrogens is 258 g/mol. The Morgan fingerprint density at radius 2 is 1.86 bits per heavy atom. The third-order valence-corrected chi connectivity index (χ3v) is 3.43. The summed E-state index contributed by atoms with van der Waals surface area (Å²) >= 11 is 0. The minimum absolute atomic E-state index is 0.411. The molecule has 0 saturated carbocycles. The number of hydrogen-bond acceptors (Lipinski definition) is 3. The lowest BCUT2D eigenvalue weighted by atomic mass is 10.1. The van der Waals surface area contributed by atoms with Crippen molar-refractivity contribution in [3.8, 4) is 0 Å². The number of benzene rings is 1. The van der Waals surface area contributed by atoms with Gasteiger partial charge in [0.15, 0.2) is 0 Å². The maximum absolute atomic E-state index is 4.66. The highest BCUT2D eigenvalue weighted by molar-refractivity contribution is 5.32. The molecule has 0 aliphatic carbocycles. The summed E-state index contributed by atoms with van der Waals surface area (Å²) in [6.45, 7) is 7.46. The van der Waals surface area contributed by atoms with E-state index in [2.05, 4.69) is 66.4 Å². The van der Waals surface area contributed by atoms with Gasteiger partial charge in [0.2, 0.25) is 5.95 Å². The van der Waals surface area contributed by atoms with Crippen LogP contribution in [0.4, 0.5) is 5.95 Å². The minimum Gasteiger partial charge on any atom is -0.354 e. The van der Waals surface area contributed by atoms with Gasteiger partial charge in [-0.1, -0.05) is 57.5 Å². The lowest BCUT2D eigenvalue weighted by molar-refractivity contribution is 0.791. The van der Waals surface area contributed by atoms with Crippen molar-refractivity contribution in [2.75, 3.05) is 11.9 Å². The first-order chi connectivity index (χ1) is 10.2. The van der Waals surface area contributed by atoms with E-state index in [4.69, 9.17) is 0 Å². The number of anilines is 1. The van der Waals surface area contributed by atoms with Gasteiger partial charge < -0.3 is 5.32 Å². The van der Waals surface area contributed by atoms with E-state index in [1.165, 1.54) is 12.0 Å². The summed E-state index contributed by atoms with van der Waals surface area (Å²) in [6, 6.07) is 12.6. The molecule has 0 spiro atoms. The normalized spacial score (nSPS) is 10.9. The summed E-state index contributed by atoms with van der Waals surface area (Å²) in [7, 11) is 0. The quantitative estimate of drug-likeness (QED) is 0.765. The molecule has 0 radical (unpaired) electrons.